The van der Waals surface area contributed by atoms with Crippen LogP contribution in [0.2, 0.25) is 0 Å². The Morgan fingerprint density at radius 3 is 2.80 bits per heavy atom. The third-order valence-electron chi connectivity index (χ3n) is 4.30. The van der Waals surface area contributed by atoms with E-state index in [1.807, 2.05) is 17.8 Å². The molecule has 25 heavy (non-hydrogen) atoms. The van der Waals surface area contributed by atoms with Crippen molar-refractivity contribution in [2.45, 2.75) is 13.0 Å². The Kier molecular flexibility index (Phi) is 5.76. The highest BCUT2D eigenvalue weighted by Gasteiger charge is 2.31. The van der Waals surface area contributed by atoms with Crippen LogP contribution >= 0.6 is 12.4 Å². The highest BCUT2D eigenvalue weighted by molar-refractivity contribution is 5.95. The van der Waals surface area contributed by atoms with Crippen LogP contribution in [0.25, 0.3) is 0 Å². The van der Waals surface area contributed by atoms with Crippen molar-refractivity contribution in [2.75, 3.05) is 19.6 Å². The molecule has 2 aromatic rings. The predicted molar refractivity (Wildman–Crippen MR) is 94.9 cm³/mol. The highest BCUT2D eigenvalue weighted by Crippen LogP contribution is 2.25. The largest absolute Gasteiger partial charge is 0.336 e. The van der Waals surface area contributed by atoms with Crippen molar-refractivity contribution in [1.82, 2.24) is 19.8 Å². The van der Waals surface area contributed by atoms with E-state index in [9.17, 15) is 14.9 Å². The van der Waals surface area contributed by atoms with Gasteiger partial charge in [0.1, 0.15) is 11.9 Å². The molecule has 1 atom stereocenters. The second kappa shape index (κ2) is 7.62. The van der Waals surface area contributed by atoms with Gasteiger partial charge in [-0.15, -0.1) is 12.4 Å². The molecule has 1 fully saturated rings. The minimum absolute atomic E-state index is 0. The number of nitro groups is 1. The number of hydrogen-bond acceptors (Lipinski definition) is 5. The first-order valence-corrected chi connectivity index (χ1v) is 7.73. The van der Waals surface area contributed by atoms with E-state index in [1.165, 1.54) is 12.1 Å². The topological polar surface area (TPSA) is 93.3 Å². The molecule has 0 radical (unpaired) electrons. The lowest BCUT2D eigenvalue weighted by Gasteiger charge is -2.35. The summed E-state index contributed by atoms with van der Waals surface area (Å²) < 4.78 is 1.90. The highest BCUT2D eigenvalue weighted by atomic mass is 35.5. The van der Waals surface area contributed by atoms with E-state index in [1.54, 1.807) is 24.1 Å². The second-order valence-electron chi connectivity index (χ2n) is 5.87. The van der Waals surface area contributed by atoms with Gasteiger partial charge in [0.05, 0.1) is 4.92 Å². The van der Waals surface area contributed by atoms with Crippen LogP contribution in [0.3, 0.4) is 0 Å². The number of benzene rings is 1. The fourth-order valence-corrected chi connectivity index (χ4v) is 3.04. The summed E-state index contributed by atoms with van der Waals surface area (Å²) in [7, 11) is 1.90. The van der Waals surface area contributed by atoms with Crippen LogP contribution in [0.4, 0.5) is 5.69 Å². The third-order valence-corrected chi connectivity index (χ3v) is 4.30. The molecule has 9 heteroatoms. The molecule has 1 amide bonds. The maximum Gasteiger partial charge on any atom is 0.272 e. The van der Waals surface area contributed by atoms with Crippen molar-refractivity contribution in [3.8, 4) is 0 Å². The first-order valence-electron chi connectivity index (χ1n) is 7.73. The quantitative estimate of drug-likeness (QED) is 0.661. The van der Waals surface area contributed by atoms with E-state index >= 15 is 0 Å². The van der Waals surface area contributed by atoms with Gasteiger partial charge in [-0.05, 0) is 19.1 Å². The van der Waals surface area contributed by atoms with Gasteiger partial charge in [-0.25, -0.2) is 4.98 Å². The fourth-order valence-electron chi connectivity index (χ4n) is 3.04. The van der Waals surface area contributed by atoms with Crippen LogP contribution in [0.15, 0.2) is 30.6 Å². The number of carbonyl (C=O) groups excluding carboxylic acids is 1. The molecular weight excluding hydrogens is 346 g/mol. The fraction of sp³-hybridized carbons (Fsp3) is 0.375. The molecule has 134 valence electrons. The SMILES string of the molecule is Cc1cc(C(=O)N2CCNCC2c2nccn2C)ccc1[N+](=O)[O-].Cl. The van der Waals surface area contributed by atoms with Crippen molar-refractivity contribution in [1.29, 1.82) is 0 Å². The first-order chi connectivity index (χ1) is 11.5. The van der Waals surface area contributed by atoms with Gasteiger partial charge < -0.3 is 14.8 Å². The Morgan fingerprint density at radius 2 is 2.20 bits per heavy atom. The molecule has 1 unspecified atom stereocenters. The van der Waals surface area contributed by atoms with Crippen molar-refractivity contribution < 1.29 is 9.72 Å². The predicted octanol–water partition coefficient (Wildman–Crippen LogP) is 1.85. The van der Waals surface area contributed by atoms with E-state index in [-0.39, 0.29) is 30.0 Å². The van der Waals surface area contributed by atoms with Gasteiger partial charge in [0, 0.05) is 56.3 Å². The number of aryl methyl sites for hydroxylation is 2. The number of hydrogen-bond donors (Lipinski definition) is 1. The zero-order chi connectivity index (χ0) is 17.3. The van der Waals surface area contributed by atoms with Crippen LogP contribution in [0, 0.1) is 17.0 Å². The maximum absolute atomic E-state index is 12.9. The van der Waals surface area contributed by atoms with Gasteiger partial charge in [-0.2, -0.15) is 0 Å². The summed E-state index contributed by atoms with van der Waals surface area (Å²) in [5.41, 5.74) is 0.959. The molecule has 3 rings (SSSR count). The first kappa shape index (κ1) is 18.9. The molecule has 1 aromatic carbocycles. The van der Waals surface area contributed by atoms with Gasteiger partial charge in [-0.1, -0.05) is 0 Å². The van der Waals surface area contributed by atoms with Crippen LogP contribution < -0.4 is 5.32 Å². The number of aromatic nitrogens is 2. The van der Waals surface area contributed by atoms with E-state index in [4.69, 9.17) is 0 Å². The van der Waals surface area contributed by atoms with Crippen LogP contribution in [-0.4, -0.2) is 44.9 Å². The lowest BCUT2D eigenvalue weighted by Crippen LogP contribution is -2.49. The van der Waals surface area contributed by atoms with Gasteiger partial charge >= 0.3 is 0 Å². The molecule has 1 aromatic heterocycles. The molecule has 0 saturated carbocycles. The lowest BCUT2D eigenvalue weighted by molar-refractivity contribution is -0.385. The smallest absolute Gasteiger partial charge is 0.272 e. The number of carbonyl (C=O) groups is 1. The number of nitro benzene ring substituents is 1. The Bertz CT molecular complexity index is 792. The average Bonchev–Trinajstić information content (AvgIpc) is 2.99. The van der Waals surface area contributed by atoms with Gasteiger partial charge in [0.25, 0.3) is 11.6 Å². The van der Waals surface area contributed by atoms with E-state index in [2.05, 4.69) is 10.3 Å². The minimum Gasteiger partial charge on any atom is -0.336 e. The van der Waals surface area contributed by atoms with Crippen LogP contribution in [-0.2, 0) is 7.05 Å². The van der Waals surface area contributed by atoms with Crippen molar-refractivity contribution in [3.63, 3.8) is 0 Å². The van der Waals surface area contributed by atoms with Crippen molar-refractivity contribution in [2.24, 2.45) is 7.05 Å². The molecule has 0 spiro atoms. The van der Waals surface area contributed by atoms with Gasteiger partial charge in [0.2, 0.25) is 0 Å². The standard InChI is InChI=1S/C16H19N5O3.ClH/c1-11-9-12(3-4-13(11)21(23)24)16(22)20-8-5-17-10-14(20)15-18-6-7-19(15)2;/h3-4,6-7,9,14,17H,5,8,10H2,1-2H3;1H. The summed E-state index contributed by atoms with van der Waals surface area (Å²) in [4.78, 5) is 29.6. The summed E-state index contributed by atoms with van der Waals surface area (Å²) in [5.74, 6) is 0.677. The van der Waals surface area contributed by atoms with E-state index in [0.717, 1.165) is 5.82 Å². The Morgan fingerprint density at radius 1 is 1.44 bits per heavy atom. The van der Waals surface area contributed by atoms with Crippen molar-refractivity contribution in [3.05, 3.63) is 57.7 Å². The second-order valence-corrected chi connectivity index (χ2v) is 5.87. The minimum atomic E-state index is -0.439. The molecule has 2 heterocycles. The number of piperazine rings is 1. The summed E-state index contributed by atoms with van der Waals surface area (Å²) in [5, 5.41) is 14.2. The summed E-state index contributed by atoms with van der Waals surface area (Å²) >= 11 is 0. The summed E-state index contributed by atoms with van der Waals surface area (Å²) in [6.45, 7) is 3.54. The third kappa shape index (κ3) is 3.64. The average molecular weight is 366 g/mol. The monoisotopic (exact) mass is 365 g/mol. The number of imidazole rings is 1. The van der Waals surface area contributed by atoms with Gasteiger partial charge in [-0.3, -0.25) is 14.9 Å². The molecule has 0 aliphatic carbocycles. The van der Waals surface area contributed by atoms with Gasteiger partial charge in [0.15, 0.2) is 0 Å². The van der Waals surface area contributed by atoms with Crippen molar-refractivity contribution >= 4 is 24.0 Å². The molecule has 1 aliphatic rings. The van der Waals surface area contributed by atoms with E-state index < -0.39 is 4.92 Å². The Hall–Kier alpha value is -2.45. The zero-order valence-corrected chi connectivity index (χ0v) is 14.8. The Labute approximate surface area is 151 Å². The van der Waals surface area contributed by atoms with Crippen LogP contribution in [0.1, 0.15) is 27.8 Å². The van der Waals surface area contributed by atoms with E-state index in [0.29, 0.717) is 30.8 Å². The molecule has 1 saturated heterocycles. The molecule has 0 bridgehead atoms. The number of amides is 1. The maximum atomic E-state index is 12.9. The summed E-state index contributed by atoms with van der Waals surface area (Å²) in [6.07, 6.45) is 3.56. The zero-order valence-electron chi connectivity index (χ0n) is 14.0. The lowest BCUT2D eigenvalue weighted by atomic mass is 10.1. The Balaban J connectivity index is 0.00000225. The number of halogens is 1. The van der Waals surface area contributed by atoms with Crippen LogP contribution in [0.5, 0.6) is 0 Å². The molecule has 1 N–H and O–H groups in total. The number of rotatable bonds is 3. The number of nitrogens with one attached hydrogen (secondary N) is 1. The molecular formula is C16H20ClN5O3. The molecule has 1 aliphatic heterocycles. The molecule has 8 nitrogen and oxygen atoms in total. The number of nitrogens with zero attached hydrogens (tertiary/aromatic N) is 4. The summed E-state index contributed by atoms with van der Waals surface area (Å²) in [6, 6.07) is 4.32. The normalized spacial score (nSPS) is 17.0.